The summed E-state index contributed by atoms with van der Waals surface area (Å²) >= 11 is 12.4. The van der Waals surface area contributed by atoms with E-state index in [1.807, 2.05) is 10.9 Å². The van der Waals surface area contributed by atoms with Crippen molar-refractivity contribution in [2.24, 2.45) is 0 Å². The minimum atomic E-state index is -0.747. The van der Waals surface area contributed by atoms with Gasteiger partial charge >= 0.3 is 6.09 Å². The second-order valence-corrected chi connectivity index (χ2v) is 8.91. The molecule has 2 aromatic heterocycles. The van der Waals surface area contributed by atoms with E-state index in [4.69, 9.17) is 32.7 Å². The van der Waals surface area contributed by atoms with E-state index in [-0.39, 0.29) is 28.2 Å². The zero-order chi connectivity index (χ0) is 24.9. The largest absolute Gasteiger partial charge is 0.482 e. The number of hydrogen-bond acceptors (Lipinski definition) is 6. The Morgan fingerprint density at radius 3 is 2.80 bits per heavy atom. The fourth-order valence-corrected chi connectivity index (χ4v) is 4.65. The topological polar surface area (TPSA) is 90.3 Å². The summed E-state index contributed by atoms with van der Waals surface area (Å²) < 4.78 is 27.1. The van der Waals surface area contributed by atoms with E-state index >= 15 is 0 Å². The number of anilines is 1. The zero-order valence-corrected chi connectivity index (χ0v) is 20.9. The van der Waals surface area contributed by atoms with E-state index < -0.39 is 18.0 Å². The van der Waals surface area contributed by atoms with E-state index in [1.165, 1.54) is 12.1 Å². The van der Waals surface area contributed by atoms with Crippen LogP contribution in [0.15, 0.2) is 36.8 Å². The number of rotatable bonds is 7. The average molecular weight is 522 g/mol. The normalized spacial score (nSPS) is 15.0. The number of nitrogens with one attached hydrogen (secondary N) is 2. The molecule has 0 bridgehead atoms. The van der Waals surface area contributed by atoms with Crippen molar-refractivity contribution in [3.05, 3.63) is 58.2 Å². The lowest BCUT2D eigenvalue weighted by Gasteiger charge is -2.22. The molecule has 4 rings (SSSR count). The molecule has 0 aliphatic carbocycles. The number of halogens is 3. The molecule has 0 spiro atoms. The Morgan fingerprint density at radius 2 is 2.06 bits per heavy atom. The maximum atomic E-state index is 14.1. The summed E-state index contributed by atoms with van der Waals surface area (Å²) in [5, 5.41) is 10.6. The highest BCUT2D eigenvalue weighted by Crippen LogP contribution is 2.37. The monoisotopic (exact) mass is 521 g/mol. The predicted octanol–water partition coefficient (Wildman–Crippen LogP) is 6.02. The first-order valence-corrected chi connectivity index (χ1v) is 12.1. The van der Waals surface area contributed by atoms with Gasteiger partial charge in [0.2, 0.25) is 0 Å². The number of benzene rings is 1. The van der Waals surface area contributed by atoms with E-state index in [0.29, 0.717) is 11.6 Å². The van der Waals surface area contributed by atoms with Gasteiger partial charge in [0.15, 0.2) is 11.6 Å². The molecule has 0 saturated carbocycles. The van der Waals surface area contributed by atoms with Crippen molar-refractivity contribution in [2.75, 3.05) is 25.0 Å². The van der Waals surface area contributed by atoms with Crippen LogP contribution in [0.3, 0.4) is 0 Å². The third-order valence-electron chi connectivity index (χ3n) is 5.76. The van der Waals surface area contributed by atoms with Crippen LogP contribution < -0.4 is 15.4 Å². The Hall–Kier alpha value is -2.88. The first kappa shape index (κ1) is 25.2. The van der Waals surface area contributed by atoms with Crippen LogP contribution in [0.2, 0.25) is 10.0 Å². The van der Waals surface area contributed by atoms with Gasteiger partial charge < -0.3 is 14.8 Å². The van der Waals surface area contributed by atoms with Crippen molar-refractivity contribution in [3.63, 3.8) is 0 Å². The van der Waals surface area contributed by atoms with Crippen molar-refractivity contribution >= 4 is 35.1 Å². The molecule has 1 aliphatic heterocycles. The van der Waals surface area contributed by atoms with Crippen molar-refractivity contribution in [1.29, 1.82) is 0 Å². The number of nitrogens with zero attached hydrogens (tertiary/aromatic N) is 3. The molecule has 1 atom stereocenters. The summed E-state index contributed by atoms with van der Waals surface area (Å²) in [4.78, 5) is 16.5. The maximum Gasteiger partial charge on any atom is 0.412 e. The van der Waals surface area contributed by atoms with Crippen LogP contribution in [-0.4, -0.2) is 40.6 Å². The first-order valence-electron chi connectivity index (χ1n) is 11.4. The maximum absolute atomic E-state index is 14.1. The second-order valence-electron chi connectivity index (χ2n) is 8.12. The SMILES string of the molecule is CCOC(=O)Nc1ncc(-c2cnn(C3CCNCC3)c2)cc1O[C@H](C)c1c(Cl)ccc(F)c1Cl. The van der Waals surface area contributed by atoms with E-state index in [1.54, 1.807) is 32.3 Å². The molecule has 11 heteroatoms. The van der Waals surface area contributed by atoms with Crippen LogP contribution in [0.25, 0.3) is 11.1 Å². The molecular formula is C24H26Cl2FN5O3. The number of piperidine rings is 1. The standard InChI is InChI=1S/C24H26Cl2FN5O3/c1-3-34-24(33)31-23-20(35-14(2)21-18(25)4-5-19(27)22(21)26)10-15(11-29-23)16-12-30-32(13-16)17-6-8-28-9-7-17/h4-5,10-14,17,28H,3,6-9H2,1-2H3,(H,29,31,33)/t14-/m1/s1. The predicted molar refractivity (Wildman–Crippen MR) is 133 cm³/mol. The fourth-order valence-electron chi connectivity index (χ4n) is 3.97. The van der Waals surface area contributed by atoms with Gasteiger partial charge in [-0.25, -0.2) is 14.2 Å². The molecule has 3 heterocycles. The molecule has 3 aromatic rings. The Labute approximate surface area is 212 Å². The Balaban J connectivity index is 1.65. The lowest BCUT2D eigenvalue weighted by molar-refractivity contribution is 0.167. The Kier molecular flexibility index (Phi) is 8.10. The molecule has 0 unspecified atom stereocenters. The summed E-state index contributed by atoms with van der Waals surface area (Å²) in [6, 6.07) is 4.67. The van der Waals surface area contributed by atoms with Gasteiger partial charge in [0, 0.05) is 34.1 Å². The molecule has 1 saturated heterocycles. The van der Waals surface area contributed by atoms with Gasteiger partial charge in [-0.2, -0.15) is 5.10 Å². The van der Waals surface area contributed by atoms with Crippen LogP contribution in [0, 0.1) is 5.82 Å². The summed E-state index contributed by atoms with van der Waals surface area (Å²) in [7, 11) is 0. The Bertz CT molecular complexity index is 1200. The lowest BCUT2D eigenvalue weighted by Crippen LogP contribution is -2.29. The number of aromatic nitrogens is 3. The third kappa shape index (κ3) is 5.86. The molecule has 8 nitrogen and oxygen atoms in total. The van der Waals surface area contributed by atoms with E-state index in [2.05, 4.69) is 20.7 Å². The molecule has 0 radical (unpaired) electrons. The number of ether oxygens (including phenoxy) is 2. The van der Waals surface area contributed by atoms with Gasteiger partial charge in [0.05, 0.1) is 23.9 Å². The fraction of sp³-hybridized carbons (Fsp3) is 0.375. The van der Waals surface area contributed by atoms with Crippen LogP contribution in [0.1, 0.15) is 44.4 Å². The lowest BCUT2D eigenvalue weighted by atomic mass is 10.1. The minimum Gasteiger partial charge on any atom is -0.482 e. The molecular weight excluding hydrogens is 496 g/mol. The van der Waals surface area contributed by atoms with Gasteiger partial charge in [-0.1, -0.05) is 23.2 Å². The number of carbonyl (C=O) groups is 1. The molecule has 1 aliphatic rings. The van der Waals surface area contributed by atoms with Gasteiger partial charge in [0.25, 0.3) is 0 Å². The van der Waals surface area contributed by atoms with E-state index in [9.17, 15) is 9.18 Å². The quantitative estimate of drug-likeness (QED) is 0.369. The van der Waals surface area contributed by atoms with Crippen molar-refractivity contribution < 1.29 is 18.7 Å². The smallest absolute Gasteiger partial charge is 0.412 e. The van der Waals surface area contributed by atoms with Crippen LogP contribution in [-0.2, 0) is 4.74 Å². The highest BCUT2D eigenvalue weighted by molar-refractivity contribution is 6.36. The second kappa shape index (κ2) is 11.2. The minimum absolute atomic E-state index is 0.128. The summed E-state index contributed by atoms with van der Waals surface area (Å²) in [5.74, 6) is -0.217. The van der Waals surface area contributed by atoms with Gasteiger partial charge in [-0.05, 0) is 58.0 Å². The van der Waals surface area contributed by atoms with Crippen molar-refractivity contribution in [1.82, 2.24) is 20.1 Å². The molecule has 1 amide bonds. The average Bonchev–Trinajstić information content (AvgIpc) is 3.34. The van der Waals surface area contributed by atoms with Crippen LogP contribution in [0.4, 0.5) is 15.0 Å². The number of hydrogen-bond donors (Lipinski definition) is 2. The zero-order valence-electron chi connectivity index (χ0n) is 19.4. The Morgan fingerprint density at radius 1 is 1.29 bits per heavy atom. The van der Waals surface area contributed by atoms with Crippen molar-refractivity contribution in [3.8, 4) is 16.9 Å². The molecule has 1 fully saturated rings. The molecule has 1 aromatic carbocycles. The van der Waals surface area contributed by atoms with Gasteiger partial charge in [-0.3, -0.25) is 10.00 Å². The summed E-state index contributed by atoms with van der Waals surface area (Å²) in [6.07, 6.45) is 5.94. The number of carbonyl (C=O) groups excluding carboxylic acids is 1. The molecule has 35 heavy (non-hydrogen) atoms. The van der Waals surface area contributed by atoms with Gasteiger partial charge in [-0.15, -0.1) is 0 Å². The van der Waals surface area contributed by atoms with Crippen molar-refractivity contribution in [2.45, 2.75) is 38.8 Å². The summed E-state index contributed by atoms with van der Waals surface area (Å²) in [6.45, 7) is 5.49. The van der Waals surface area contributed by atoms with Crippen LogP contribution >= 0.6 is 23.2 Å². The van der Waals surface area contributed by atoms with Gasteiger partial charge in [0.1, 0.15) is 11.9 Å². The van der Waals surface area contributed by atoms with Crippen LogP contribution in [0.5, 0.6) is 5.75 Å². The first-order chi connectivity index (χ1) is 16.9. The molecule has 186 valence electrons. The third-order valence-corrected chi connectivity index (χ3v) is 6.47. The van der Waals surface area contributed by atoms with E-state index in [0.717, 1.165) is 37.1 Å². The number of pyridine rings is 1. The highest BCUT2D eigenvalue weighted by Gasteiger charge is 2.22. The summed E-state index contributed by atoms with van der Waals surface area (Å²) in [5.41, 5.74) is 1.87. The number of amides is 1. The molecule has 2 N–H and O–H groups in total. The highest BCUT2D eigenvalue weighted by atomic mass is 35.5.